The first-order valence-corrected chi connectivity index (χ1v) is 8.90. The van der Waals surface area contributed by atoms with Gasteiger partial charge in [0.2, 0.25) is 5.43 Å². The SMILES string of the molecule is O=c1ccc(-c2cc3sc(-c4ccc(O)cc4)cc3s2)ccc1O. The van der Waals surface area contributed by atoms with Gasteiger partial charge in [-0.15, -0.1) is 22.7 Å². The number of rotatable bonds is 2. The molecule has 0 saturated carbocycles. The van der Waals surface area contributed by atoms with E-state index in [0.29, 0.717) is 0 Å². The van der Waals surface area contributed by atoms with Gasteiger partial charge < -0.3 is 10.2 Å². The van der Waals surface area contributed by atoms with Gasteiger partial charge in [0, 0.05) is 19.2 Å². The molecule has 0 unspecified atom stereocenters. The summed E-state index contributed by atoms with van der Waals surface area (Å²) in [5, 5.41) is 18.9. The van der Waals surface area contributed by atoms with Gasteiger partial charge in [-0.3, -0.25) is 4.79 Å². The Kier molecular flexibility index (Phi) is 3.59. The number of phenolic OH excluding ortho intramolecular Hbond substituents is 1. The Labute approximate surface area is 145 Å². The molecular weight excluding hydrogens is 340 g/mol. The molecule has 118 valence electrons. The molecule has 0 aliphatic carbocycles. The van der Waals surface area contributed by atoms with E-state index >= 15 is 0 Å². The Hall–Kier alpha value is -2.63. The smallest absolute Gasteiger partial charge is 0.220 e. The maximum Gasteiger partial charge on any atom is 0.220 e. The summed E-state index contributed by atoms with van der Waals surface area (Å²) in [6, 6.07) is 17.7. The summed E-state index contributed by atoms with van der Waals surface area (Å²) >= 11 is 3.35. The molecule has 24 heavy (non-hydrogen) atoms. The minimum atomic E-state index is -0.380. The Morgan fingerprint density at radius 3 is 1.75 bits per heavy atom. The van der Waals surface area contributed by atoms with Gasteiger partial charge in [-0.25, -0.2) is 0 Å². The Morgan fingerprint density at radius 1 is 0.667 bits per heavy atom. The quantitative estimate of drug-likeness (QED) is 0.530. The molecule has 0 amide bonds. The normalized spacial score (nSPS) is 11.0. The zero-order chi connectivity index (χ0) is 16.7. The molecule has 0 bridgehead atoms. The van der Waals surface area contributed by atoms with Crippen molar-refractivity contribution in [2.24, 2.45) is 0 Å². The topological polar surface area (TPSA) is 57.5 Å². The Balaban J connectivity index is 1.75. The van der Waals surface area contributed by atoms with Crippen LogP contribution in [0.3, 0.4) is 0 Å². The molecule has 0 aliphatic heterocycles. The third kappa shape index (κ3) is 2.68. The lowest BCUT2D eigenvalue weighted by atomic mass is 10.2. The van der Waals surface area contributed by atoms with Gasteiger partial charge >= 0.3 is 0 Å². The number of hydrogen-bond acceptors (Lipinski definition) is 5. The summed E-state index contributed by atoms with van der Waals surface area (Å²) in [5.74, 6) is 0.0200. The van der Waals surface area contributed by atoms with Crippen LogP contribution in [0.25, 0.3) is 30.3 Å². The highest BCUT2D eigenvalue weighted by atomic mass is 32.1. The van der Waals surface area contributed by atoms with E-state index in [1.807, 2.05) is 12.1 Å². The zero-order valence-corrected chi connectivity index (χ0v) is 14.0. The van der Waals surface area contributed by atoms with Crippen molar-refractivity contribution in [1.82, 2.24) is 0 Å². The molecule has 3 nitrogen and oxygen atoms in total. The Morgan fingerprint density at radius 2 is 1.17 bits per heavy atom. The van der Waals surface area contributed by atoms with Crippen molar-refractivity contribution in [3.8, 4) is 32.4 Å². The van der Waals surface area contributed by atoms with E-state index < -0.39 is 0 Å². The molecule has 2 heterocycles. The molecule has 0 fully saturated rings. The first-order chi connectivity index (χ1) is 11.6. The number of fused-ring (bicyclic) bond motifs is 1. The van der Waals surface area contributed by atoms with Crippen molar-refractivity contribution in [3.05, 3.63) is 70.9 Å². The fourth-order valence-corrected chi connectivity index (χ4v) is 4.87. The van der Waals surface area contributed by atoms with Gasteiger partial charge in [0.25, 0.3) is 0 Å². The second-order valence-electron chi connectivity index (χ2n) is 5.37. The number of aromatic hydroxyl groups is 2. The monoisotopic (exact) mass is 352 g/mol. The Bertz CT molecular complexity index is 1060. The van der Waals surface area contributed by atoms with Crippen LogP contribution in [0.15, 0.2) is 65.5 Å². The second kappa shape index (κ2) is 5.78. The minimum Gasteiger partial charge on any atom is -0.508 e. The van der Waals surface area contributed by atoms with E-state index in [0.717, 1.165) is 20.9 Å². The van der Waals surface area contributed by atoms with Gasteiger partial charge in [-0.1, -0.05) is 0 Å². The van der Waals surface area contributed by atoms with Crippen LogP contribution in [0.1, 0.15) is 0 Å². The molecule has 2 N–H and O–H groups in total. The molecule has 5 heteroatoms. The lowest BCUT2D eigenvalue weighted by molar-refractivity contribution is 0.471. The van der Waals surface area contributed by atoms with Crippen LogP contribution in [-0.2, 0) is 0 Å². The van der Waals surface area contributed by atoms with Gasteiger partial charge in [0.05, 0.1) is 0 Å². The van der Waals surface area contributed by atoms with Gasteiger partial charge in [0.15, 0.2) is 5.75 Å². The molecular formula is C19H12O3S2. The van der Waals surface area contributed by atoms with Crippen molar-refractivity contribution in [3.63, 3.8) is 0 Å². The van der Waals surface area contributed by atoms with E-state index in [4.69, 9.17) is 0 Å². The summed E-state index contributed by atoms with van der Waals surface area (Å²) in [7, 11) is 0. The number of benzene rings is 1. The number of thiophene rings is 2. The third-order valence-electron chi connectivity index (χ3n) is 3.73. The van der Waals surface area contributed by atoms with Crippen LogP contribution in [0, 0.1) is 0 Å². The molecule has 0 aliphatic rings. The van der Waals surface area contributed by atoms with Crippen LogP contribution in [0.4, 0.5) is 0 Å². The lowest BCUT2D eigenvalue weighted by Crippen LogP contribution is -1.91. The van der Waals surface area contributed by atoms with E-state index in [9.17, 15) is 15.0 Å². The largest absolute Gasteiger partial charge is 0.508 e. The zero-order valence-electron chi connectivity index (χ0n) is 12.4. The summed E-state index contributed by atoms with van der Waals surface area (Å²) in [6.07, 6.45) is 0. The number of hydrogen-bond donors (Lipinski definition) is 2. The molecule has 0 spiro atoms. The van der Waals surface area contributed by atoms with E-state index in [1.165, 1.54) is 21.5 Å². The predicted molar refractivity (Wildman–Crippen MR) is 100 cm³/mol. The predicted octanol–water partition coefficient (Wildman–Crippen LogP) is 5.07. The van der Waals surface area contributed by atoms with E-state index in [2.05, 4.69) is 12.1 Å². The molecule has 4 rings (SSSR count). The number of phenols is 1. The van der Waals surface area contributed by atoms with E-state index in [-0.39, 0.29) is 16.9 Å². The first-order valence-electron chi connectivity index (χ1n) is 7.27. The van der Waals surface area contributed by atoms with Crippen LogP contribution >= 0.6 is 22.7 Å². The molecule has 0 radical (unpaired) electrons. The van der Waals surface area contributed by atoms with Crippen LogP contribution in [0.2, 0.25) is 0 Å². The molecule has 2 aromatic heterocycles. The van der Waals surface area contributed by atoms with Gasteiger partial charge in [-0.05, 0) is 71.8 Å². The summed E-state index contributed by atoms with van der Waals surface area (Å²) in [4.78, 5) is 13.7. The lowest BCUT2D eigenvalue weighted by Gasteiger charge is -1.97. The van der Waals surface area contributed by atoms with Gasteiger partial charge in [-0.2, -0.15) is 0 Å². The fourth-order valence-electron chi connectivity index (χ4n) is 2.47. The second-order valence-corrected chi connectivity index (χ2v) is 7.54. The van der Waals surface area contributed by atoms with E-state index in [1.54, 1.807) is 46.9 Å². The van der Waals surface area contributed by atoms with Crippen LogP contribution < -0.4 is 5.43 Å². The standard InChI is InChI=1S/C19H12O3S2/c20-13-5-1-11(2-6-13)16-9-18-19(23-16)10-17(24-18)12-3-7-14(21)15(22)8-4-12/h1-10,20H,(H,21,22). The first kappa shape index (κ1) is 14.9. The minimum absolute atomic E-state index is 0.241. The molecule has 0 atom stereocenters. The highest BCUT2D eigenvalue weighted by Gasteiger charge is 2.10. The fraction of sp³-hybridized carbons (Fsp3) is 0. The molecule has 0 saturated heterocycles. The van der Waals surface area contributed by atoms with Crippen LogP contribution in [-0.4, -0.2) is 10.2 Å². The molecule has 2 aromatic carbocycles. The van der Waals surface area contributed by atoms with Gasteiger partial charge in [0.1, 0.15) is 5.75 Å². The van der Waals surface area contributed by atoms with Crippen molar-refractivity contribution < 1.29 is 10.2 Å². The van der Waals surface area contributed by atoms with Crippen molar-refractivity contribution in [2.75, 3.05) is 0 Å². The average Bonchev–Trinajstić information content (AvgIpc) is 3.09. The maximum absolute atomic E-state index is 11.5. The van der Waals surface area contributed by atoms with Crippen molar-refractivity contribution in [1.29, 1.82) is 0 Å². The summed E-state index contributed by atoms with van der Waals surface area (Å²) in [5.41, 5.74) is 1.61. The highest BCUT2D eigenvalue weighted by Crippen LogP contribution is 2.41. The third-order valence-corrected chi connectivity index (χ3v) is 6.12. The summed E-state index contributed by atoms with van der Waals surface area (Å²) < 4.78 is 2.35. The maximum atomic E-state index is 11.5. The van der Waals surface area contributed by atoms with Crippen molar-refractivity contribution >= 4 is 32.1 Å². The highest BCUT2D eigenvalue weighted by molar-refractivity contribution is 7.31. The average molecular weight is 352 g/mol. The summed E-state index contributed by atoms with van der Waals surface area (Å²) in [6.45, 7) is 0. The van der Waals surface area contributed by atoms with Crippen LogP contribution in [0.5, 0.6) is 11.5 Å². The molecule has 4 aromatic rings. The van der Waals surface area contributed by atoms with Crippen molar-refractivity contribution in [2.45, 2.75) is 0 Å².